The molecular weight excluding hydrogens is 236 g/mol. The van der Waals surface area contributed by atoms with Crippen LogP contribution >= 0.6 is 0 Å². The van der Waals surface area contributed by atoms with Crippen molar-refractivity contribution in [1.29, 1.82) is 0 Å². The van der Waals surface area contributed by atoms with E-state index < -0.39 is 16.6 Å². The molecule has 0 radical (unpaired) electrons. The zero-order valence-electron chi connectivity index (χ0n) is 9.96. The summed E-state index contributed by atoms with van der Waals surface area (Å²) in [5.74, 6) is -0.538. The van der Waals surface area contributed by atoms with Gasteiger partial charge in [-0.2, -0.15) is 0 Å². The molecule has 1 fully saturated rings. The fraction of sp³-hybridized carbons (Fsp3) is 0.385. The van der Waals surface area contributed by atoms with Gasteiger partial charge >= 0.3 is 0 Å². The van der Waals surface area contributed by atoms with Crippen LogP contribution in [0.15, 0.2) is 46.7 Å². The van der Waals surface area contributed by atoms with E-state index in [1.807, 2.05) is 44.2 Å². The van der Waals surface area contributed by atoms with E-state index in [0.717, 1.165) is 4.90 Å². The average molecular weight is 252 g/mol. The van der Waals surface area contributed by atoms with E-state index in [1.54, 1.807) is 11.5 Å². The Balaban J connectivity index is 1.96. The molecule has 1 aliphatic heterocycles. The van der Waals surface area contributed by atoms with Gasteiger partial charge in [0.25, 0.3) is 0 Å². The second-order valence-electron chi connectivity index (χ2n) is 4.31. The van der Waals surface area contributed by atoms with Crippen LogP contribution in [-0.4, -0.2) is 22.7 Å². The molecule has 1 heterocycles. The van der Waals surface area contributed by atoms with Crippen molar-refractivity contribution in [2.24, 2.45) is 0 Å². The Morgan fingerprint density at radius 2 is 2.06 bits per heavy atom. The van der Waals surface area contributed by atoms with Crippen LogP contribution in [0.2, 0.25) is 0 Å². The van der Waals surface area contributed by atoms with Gasteiger partial charge in [0, 0.05) is 10.3 Å². The van der Waals surface area contributed by atoms with Crippen LogP contribution in [-0.2, 0) is 20.3 Å². The Morgan fingerprint density at radius 3 is 2.65 bits per heavy atom. The molecule has 0 bridgehead atoms. The number of ether oxygens (including phenoxy) is 2. The van der Waals surface area contributed by atoms with E-state index in [-0.39, 0.29) is 6.10 Å². The van der Waals surface area contributed by atoms with Crippen LogP contribution in [0.5, 0.6) is 0 Å². The Bertz CT molecular complexity index is 426. The summed E-state index contributed by atoms with van der Waals surface area (Å²) in [6.45, 7) is 4.25. The van der Waals surface area contributed by atoms with Gasteiger partial charge in [-0.15, -0.1) is 0 Å². The average Bonchev–Trinajstić information content (AvgIpc) is 2.67. The molecule has 92 valence electrons. The first kappa shape index (κ1) is 12.5. The van der Waals surface area contributed by atoms with Gasteiger partial charge in [0.15, 0.2) is 5.79 Å². The second-order valence-corrected chi connectivity index (χ2v) is 5.64. The van der Waals surface area contributed by atoms with Gasteiger partial charge in [-0.3, -0.25) is 0 Å². The smallest absolute Gasteiger partial charge is 0.163 e. The fourth-order valence-electron chi connectivity index (χ4n) is 1.60. The first-order valence-electron chi connectivity index (χ1n) is 5.52. The van der Waals surface area contributed by atoms with Crippen LogP contribution in [0, 0.1) is 0 Å². The Hall–Kier alpha value is -0.970. The van der Waals surface area contributed by atoms with E-state index in [2.05, 4.69) is 0 Å². The zero-order chi connectivity index (χ0) is 12.3. The maximum atomic E-state index is 11.9. The summed E-state index contributed by atoms with van der Waals surface area (Å²) < 4.78 is 22.9. The molecule has 17 heavy (non-hydrogen) atoms. The van der Waals surface area contributed by atoms with Crippen molar-refractivity contribution in [1.82, 2.24) is 0 Å². The minimum absolute atomic E-state index is 0.113. The predicted molar refractivity (Wildman–Crippen MR) is 66.9 cm³/mol. The highest BCUT2D eigenvalue weighted by Crippen LogP contribution is 2.23. The molecule has 1 aromatic carbocycles. The highest BCUT2D eigenvalue weighted by atomic mass is 32.2. The topological polar surface area (TPSA) is 35.5 Å². The minimum atomic E-state index is -1.12. The van der Waals surface area contributed by atoms with Crippen LogP contribution in [0.4, 0.5) is 0 Å². The van der Waals surface area contributed by atoms with Gasteiger partial charge in [-0.25, -0.2) is 4.21 Å². The summed E-state index contributed by atoms with van der Waals surface area (Å²) in [5, 5.41) is 1.66. The van der Waals surface area contributed by atoms with Gasteiger partial charge in [0.05, 0.1) is 17.4 Å². The molecule has 1 aliphatic rings. The third-order valence-electron chi connectivity index (χ3n) is 2.42. The highest BCUT2D eigenvalue weighted by molar-refractivity contribution is 7.88. The number of hydrogen-bond acceptors (Lipinski definition) is 3. The van der Waals surface area contributed by atoms with Gasteiger partial charge < -0.3 is 9.47 Å². The monoisotopic (exact) mass is 252 g/mol. The van der Waals surface area contributed by atoms with Crippen LogP contribution in [0.1, 0.15) is 13.8 Å². The maximum absolute atomic E-state index is 11.9. The first-order valence-corrected chi connectivity index (χ1v) is 6.74. The van der Waals surface area contributed by atoms with E-state index in [1.165, 1.54) is 0 Å². The SMILES string of the molecule is CC1(C)OC[C@H](/C=C/S(=O)c2ccccc2)O1. The first-order chi connectivity index (χ1) is 8.07. The van der Waals surface area contributed by atoms with Gasteiger partial charge in [-0.1, -0.05) is 18.2 Å². The molecule has 1 unspecified atom stereocenters. The number of hydrogen-bond donors (Lipinski definition) is 0. The number of rotatable bonds is 3. The lowest BCUT2D eigenvalue weighted by Gasteiger charge is -2.15. The molecule has 0 N–H and O–H groups in total. The fourth-order valence-corrected chi connectivity index (χ4v) is 2.50. The van der Waals surface area contributed by atoms with Crippen molar-refractivity contribution in [3.63, 3.8) is 0 Å². The van der Waals surface area contributed by atoms with Crippen LogP contribution in [0.25, 0.3) is 0 Å². The zero-order valence-corrected chi connectivity index (χ0v) is 10.8. The normalized spacial score (nSPS) is 25.2. The van der Waals surface area contributed by atoms with E-state index in [4.69, 9.17) is 9.47 Å². The Morgan fingerprint density at radius 1 is 1.35 bits per heavy atom. The van der Waals surface area contributed by atoms with Crippen molar-refractivity contribution >= 4 is 10.8 Å². The van der Waals surface area contributed by atoms with Crippen molar-refractivity contribution in [3.05, 3.63) is 41.8 Å². The Labute approximate surface area is 104 Å². The molecule has 0 spiro atoms. The molecule has 0 aliphatic carbocycles. The van der Waals surface area contributed by atoms with E-state index >= 15 is 0 Å². The largest absolute Gasteiger partial charge is 0.347 e. The van der Waals surface area contributed by atoms with E-state index in [9.17, 15) is 4.21 Å². The third-order valence-corrected chi connectivity index (χ3v) is 3.56. The van der Waals surface area contributed by atoms with E-state index in [0.29, 0.717) is 6.61 Å². The molecule has 1 aromatic rings. The molecule has 4 heteroatoms. The molecule has 2 rings (SSSR count). The molecule has 0 amide bonds. The molecule has 3 nitrogen and oxygen atoms in total. The lowest BCUT2D eigenvalue weighted by molar-refractivity contribution is -0.133. The summed E-state index contributed by atoms with van der Waals surface area (Å²) in [6.07, 6.45) is 1.69. The van der Waals surface area contributed by atoms with Crippen LogP contribution in [0.3, 0.4) is 0 Å². The van der Waals surface area contributed by atoms with Gasteiger partial charge in [-0.05, 0) is 32.1 Å². The molecule has 1 saturated heterocycles. The standard InChI is InChI=1S/C13H16O3S/c1-13(2)15-10-11(16-13)8-9-17(14)12-6-4-3-5-7-12/h3-9,11H,10H2,1-2H3/b9-8+/t11-,17?/m0/s1. The van der Waals surface area contributed by atoms with Crippen molar-refractivity contribution in [2.75, 3.05) is 6.61 Å². The summed E-state index contributed by atoms with van der Waals surface area (Å²) in [5.41, 5.74) is 0. The molecular formula is C13H16O3S. The lowest BCUT2D eigenvalue weighted by atomic mass is 10.4. The summed E-state index contributed by atoms with van der Waals surface area (Å²) in [6, 6.07) is 9.34. The molecule has 0 saturated carbocycles. The predicted octanol–water partition coefficient (Wildman–Crippen LogP) is 2.46. The van der Waals surface area contributed by atoms with Crippen molar-refractivity contribution in [2.45, 2.75) is 30.6 Å². The minimum Gasteiger partial charge on any atom is -0.347 e. The van der Waals surface area contributed by atoms with Crippen molar-refractivity contribution < 1.29 is 13.7 Å². The summed E-state index contributed by atoms with van der Waals surface area (Å²) >= 11 is 0. The van der Waals surface area contributed by atoms with Crippen molar-refractivity contribution in [3.8, 4) is 0 Å². The second kappa shape index (κ2) is 5.12. The molecule has 2 atom stereocenters. The van der Waals surface area contributed by atoms with Gasteiger partial charge in [0.1, 0.15) is 6.10 Å². The molecule has 0 aromatic heterocycles. The quantitative estimate of drug-likeness (QED) is 0.829. The maximum Gasteiger partial charge on any atom is 0.163 e. The summed E-state index contributed by atoms with van der Waals surface area (Å²) in [7, 11) is -1.12. The summed E-state index contributed by atoms with van der Waals surface area (Å²) in [4.78, 5) is 0.793. The lowest BCUT2D eigenvalue weighted by Crippen LogP contribution is -2.20. The Kier molecular flexibility index (Phi) is 3.76. The third kappa shape index (κ3) is 3.49. The van der Waals surface area contributed by atoms with Gasteiger partial charge in [0.2, 0.25) is 0 Å². The highest BCUT2D eigenvalue weighted by Gasteiger charge is 2.31. The number of benzene rings is 1. The van der Waals surface area contributed by atoms with Crippen LogP contribution < -0.4 is 0 Å².